The SMILES string of the molecule is COc1ccc(CC(=O)[C@H](CCCCNC(=O)OCc2ccccc2)NC(=O)c2cc(N)ccc2OC)cc1C(C)=O. The fraction of sp³-hybridized carbons (Fsp3) is 0.312. The topological polar surface area (TPSA) is 146 Å². The molecule has 0 aliphatic carbocycles. The number of anilines is 1. The zero-order valence-electron chi connectivity index (χ0n) is 24.1. The first-order valence-corrected chi connectivity index (χ1v) is 13.6. The molecule has 1 atom stereocenters. The number of unbranched alkanes of at least 4 members (excludes halogenated alkanes) is 1. The third-order valence-electron chi connectivity index (χ3n) is 6.59. The van der Waals surface area contributed by atoms with E-state index in [0.717, 1.165) is 5.56 Å². The molecule has 222 valence electrons. The van der Waals surface area contributed by atoms with Gasteiger partial charge in [0.05, 0.1) is 31.4 Å². The molecule has 10 nitrogen and oxygen atoms in total. The summed E-state index contributed by atoms with van der Waals surface area (Å²) in [7, 11) is 2.92. The van der Waals surface area contributed by atoms with E-state index in [2.05, 4.69) is 10.6 Å². The summed E-state index contributed by atoms with van der Waals surface area (Å²) < 4.78 is 15.8. The van der Waals surface area contributed by atoms with Crippen molar-refractivity contribution in [2.45, 2.75) is 45.3 Å². The first-order valence-electron chi connectivity index (χ1n) is 13.6. The lowest BCUT2D eigenvalue weighted by molar-refractivity contribution is -0.120. The first-order chi connectivity index (χ1) is 20.2. The standard InChI is InChI=1S/C32H37N3O7/c1-21(36)25-17-23(12-14-29(25)40-2)18-28(37)27(35-31(38)26-19-24(33)13-15-30(26)41-3)11-7-8-16-34-32(39)42-20-22-9-5-4-6-10-22/h4-6,9-10,12-15,17,19,27H,7-8,11,16,18,20,33H2,1-3H3,(H,34,39)(H,35,38)/t27-/m0/s1. The Bertz CT molecular complexity index is 1390. The molecule has 2 amide bonds. The van der Waals surface area contributed by atoms with Gasteiger partial charge in [0.15, 0.2) is 11.6 Å². The number of ketones is 2. The van der Waals surface area contributed by atoms with Crippen LogP contribution < -0.4 is 25.8 Å². The molecule has 3 aromatic rings. The van der Waals surface area contributed by atoms with Crippen LogP contribution in [-0.2, 0) is 22.6 Å². The summed E-state index contributed by atoms with van der Waals surface area (Å²) in [6.07, 6.45) is 0.872. The lowest BCUT2D eigenvalue weighted by Gasteiger charge is -2.19. The maximum Gasteiger partial charge on any atom is 0.407 e. The van der Waals surface area contributed by atoms with Gasteiger partial charge in [0, 0.05) is 18.7 Å². The van der Waals surface area contributed by atoms with E-state index in [1.54, 1.807) is 30.3 Å². The van der Waals surface area contributed by atoms with Gasteiger partial charge in [0.25, 0.3) is 5.91 Å². The van der Waals surface area contributed by atoms with Crippen LogP contribution in [0, 0.1) is 0 Å². The molecule has 0 fully saturated rings. The van der Waals surface area contributed by atoms with Crippen LogP contribution in [0.2, 0.25) is 0 Å². The molecule has 0 spiro atoms. The van der Waals surface area contributed by atoms with Crippen molar-refractivity contribution in [2.75, 3.05) is 26.5 Å². The summed E-state index contributed by atoms with van der Waals surface area (Å²) in [5.41, 5.74) is 8.35. The van der Waals surface area contributed by atoms with Gasteiger partial charge in [-0.05, 0) is 67.6 Å². The van der Waals surface area contributed by atoms with Crippen molar-refractivity contribution in [1.29, 1.82) is 0 Å². The number of benzene rings is 3. The van der Waals surface area contributed by atoms with E-state index in [0.29, 0.717) is 54.1 Å². The van der Waals surface area contributed by atoms with E-state index >= 15 is 0 Å². The number of Topliss-reactive ketones (excluding diaryl/α,β-unsaturated/α-hetero) is 2. The molecule has 0 aromatic heterocycles. The van der Waals surface area contributed by atoms with Gasteiger partial charge in [-0.1, -0.05) is 36.4 Å². The normalized spacial score (nSPS) is 11.2. The van der Waals surface area contributed by atoms with E-state index in [-0.39, 0.29) is 30.2 Å². The second-order valence-corrected chi connectivity index (χ2v) is 9.70. The average molecular weight is 576 g/mol. The molecule has 0 saturated carbocycles. The van der Waals surface area contributed by atoms with Crippen molar-refractivity contribution >= 4 is 29.3 Å². The lowest BCUT2D eigenvalue weighted by atomic mass is 9.97. The highest BCUT2D eigenvalue weighted by Gasteiger charge is 2.24. The molecule has 0 bridgehead atoms. The van der Waals surface area contributed by atoms with E-state index in [1.165, 1.54) is 27.2 Å². The number of methoxy groups -OCH3 is 2. The van der Waals surface area contributed by atoms with Gasteiger partial charge in [0.2, 0.25) is 0 Å². The highest BCUT2D eigenvalue weighted by molar-refractivity contribution is 6.01. The van der Waals surface area contributed by atoms with Crippen molar-refractivity contribution in [2.24, 2.45) is 0 Å². The van der Waals surface area contributed by atoms with Crippen LogP contribution in [0.25, 0.3) is 0 Å². The van der Waals surface area contributed by atoms with Crippen LogP contribution in [-0.4, -0.2) is 50.4 Å². The van der Waals surface area contributed by atoms with E-state index in [1.807, 2.05) is 30.3 Å². The van der Waals surface area contributed by atoms with Crippen molar-refractivity contribution < 1.29 is 33.4 Å². The summed E-state index contributed by atoms with van der Waals surface area (Å²) >= 11 is 0. The number of rotatable bonds is 15. The van der Waals surface area contributed by atoms with E-state index < -0.39 is 18.0 Å². The fourth-order valence-corrected chi connectivity index (χ4v) is 4.36. The van der Waals surface area contributed by atoms with Gasteiger partial charge >= 0.3 is 6.09 Å². The monoisotopic (exact) mass is 575 g/mol. The van der Waals surface area contributed by atoms with Crippen LogP contribution in [0.1, 0.15) is 58.0 Å². The van der Waals surface area contributed by atoms with Crippen LogP contribution >= 0.6 is 0 Å². The number of amides is 2. The minimum Gasteiger partial charge on any atom is -0.496 e. The summed E-state index contributed by atoms with van der Waals surface area (Å²) in [6.45, 7) is 1.93. The molecule has 0 heterocycles. The molecule has 10 heteroatoms. The van der Waals surface area contributed by atoms with Crippen molar-refractivity contribution in [1.82, 2.24) is 10.6 Å². The van der Waals surface area contributed by atoms with Crippen molar-refractivity contribution in [3.8, 4) is 11.5 Å². The Labute approximate surface area is 245 Å². The molecule has 42 heavy (non-hydrogen) atoms. The summed E-state index contributed by atoms with van der Waals surface area (Å²) in [4.78, 5) is 50.8. The maximum absolute atomic E-state index is 13.5. The van der Waals surface area contributed by atoms with Crippen LogP contribution in [0.15, 0.2) is 66.7 Å². The second kappa shape index (κ2) is 15.8. The Hall–Kier alpha value is -4.86. The Morgan fingerprint density at radius 2 is 1.52 bits per heavy atom. The Balaban J connectivity index is 1.64. The highest BCUT2D eigenvalue weighted by atomic mass is 16.5. The number of carbonyl (C=O) groups excluding carboxylic acids is 4. The maximum atomic E-state index is 13.5. The number of ether oxygens (including phenoxy) is 3. The molecule has 0 aliphatic rings. The van der Waals surface area contributed by atoms with Gasteiger partial charge in [0.1, 0.15) is 18.1 Å². The Morgan fingerprint density at radius 1 is 0.833 bits per heavy atom. The molecule has 3 aromatic carbocycles. The van der Waals surface area contributed by atoms with E-state index in [4.69, 9.17) is 19.9 Å². The van der Waals surface area contributed by atoms with Gasteiger partial charge in [-0.15, -0.1) is 0 Å². The number of carbonyl (C=O) groups is 4. The highest BCUT2D eigenvalue weighted by Crippen LogP contribution is 2.23. The summed E-state index contributed by atoms with van der Waals surface area (Å²) in [6, 6.07) is 18.2. The number of alkyl carbamates (subject to hydrolysis) is 1. The van der Waals surface area contributed by atoms with Crippen LogP contribution in [0.3, 0.4) is 0 Å². The van der Waals surface area contributed by atoms with Crippen molar-refractivity contribution in [3.63, 3.8) is 0 Å². The average Bonchev–Trinajstić information content (AvgIpc) is 2.99. The molecule has 0 unspecified atom stereocenters. The molecule has 4 N–H and O–H groups in total. The Kier molecular flexibility index (Phi) is 11.9. The number of nitrogens with one attached hydrogen (secondary N) is 2. The molecule has 0 radical (unpaired) electrons. The van der Waals surface area contributed by atoms with E-state index in [9.17, 15) is 19.2 Å². The number of nitrogens with two attached hydrogens (primary N) is 1. The Morgan fingerprint density at radius 3 is 2.21 bits per heavy atom. The molecule has 3 rings (SSSR count). The van der Waals surface area contributed by atoms with Gasteiger partial charge in [-0.3, -0.25) is 14.4 Å². The minimum absolute atomic E-state index is 0.00660. The smallest absolute Gasteiger partial charge is 0.407 e. The third kappa shape index (κ3) is 9.36. The predicted octanol–water partition coefficient (Wildman–Crippen LogP) is 4.50. The fourth-order valence-electron chi connectivity index (χ4n) is 4.36. The molecular weight excluding hydrogens is 538 g/mol. The summed E-state index contributed by atoms with van der Waals surface area (Å²) in [5.74, 6) is -0.172. The summed E-state index contributed by atoms with van der Waals surface area (Å²) in [5, 5.41) is 5.53. The molecule has 0 aliphatic heterocycles. The number of hydrogen-bond acceptors (Lipinski definition) is 8. The van der Waals surface area contributed by atoms with Crippen LogP contribution in [0.4, 0.5) is 10.5 Å². The van der Waals surface area contributed by atoms with Gasteiger partial charge < -0.3 is 30.6 Å². The lowest BCUT2D eigenvalue weighted by Crippen LogP contribution is -2.42. The largest absolute Gasteiger partial charge is 0.496 e. The third-order valence-corrected chi connectivity index (χ3v) is 6.59. The minimum atomic E-state index is -0.837. The number of nitrogen functional groups attached to an aromatic ring is 1. The number of hydrogen-bond donors (Lipinski definition) is 3. The molecular formula is C32H37N3O7. The molecule has 0 saturated heterocycles. The zero-order chi connectivity index (χ0) is 30.5. The second-order valence-electron chi connectivity index (χ2n) is 9.70. The zero-order valence-corrected chi connectivity index (χ0v) is 24.1. The quantitative estimate of drug-likeness (QED) is 0.136. The van der Waals surface area contributed by atoms with Crippen LogP contribution in [0.5, 0.6) is 11.5 Å². The first kappa shape index (κ1) is 31.7. The van der Waals surface area contributed by atoms with Gasteiger partial charge in [-0.25, -0.2) is 4.79 Å². The predicted molar refractivity (Wildman–Crippen MR) is 159 cm³/mol. The van der Waals surface area contributed by atoms with Gasteiger partial charge in [-0.2, -0.15) is 0 Å². The van der Waals surface area contributed by atoms with Crippen molar-refractivity contribution in [3.05, 3.63) is 89.0 Å².